The minimum absolute atomic E-state index is 0.0507. The summed E-state index contributed by atoms with van der Waals surface area (Å²) < 4.78 is 0. The van der Waals surface area contributed by atoms with Gasteiger partial charge in [-0.25, -0.2) is 4.79 Å². The van der Waals surface area contributed by atoms with Crippen molar-refractivity contribution in [2.45, 2.75) is 40.2 Å². The summed E-state index contributed by atoms with van der Waals surface area (Å²) in [5, 5.41) is 11.7. The minimum Gasteiger partial charge on any atom is -0.480 e. The number of hydrogen-bond donors (Lipinski definition) is 2. The van der Waals surface area contributed by atoms with Crippen molar-refractivity contribution in [1.29, 1.82) is 0 Å². The molecule has 6 nitrogen and oxygen atoms in total. The molecule has 1 saturated heterocycles. The highest BCUT2D eigenvalue weighted by Crippen LogP contribution is 2.22. The van der Waals surface area contributed by atoms with Crippen LogP contribution in [-0.4, -0.2) is 46.9 Å². The van der Waals surface area contributed by atoms with Gasteiger partial charge in [0, 0.05) is 19.5 Å². The first-order chi connectivity index (χ1) is 8.66. The smallest absolute Gasteiger partial charge is 0.326 e. The molecule has 0 aliphatic carbocycles. The van der Waals surface area contributed by atoms with Crippen LogP contribution in [0.15, 0.2) is 0 Å². The van der Waals surface area contributed by atoms with Crippen molar-refractivity contribution in [3.8, 4) is 0 Å². The number of amides is 2. The number of nitrogens with zero attached hydrogens (tertiary/aromatic N) is 1. The number of carboxylic acids is 1. The van der Waals surface area contributed by atoms with E-state index in [0.717, 1.165) is 0 Å². The second kappa shape index (κ2) is 5.59. The molecule has 108 valence electrons. The Morgan fingerprint density at radius 3 is 2.42 bits per heavy atom. The van der Waals surface area contributed by atoms with Crippen LogP contribution >= 0.6 is 0 Å². The lowest BCUT2D eigenvalue weighted by atomic mass is 9.86. The Labute approximate surface area is 113 Å². The van der Waals surface area contributed by atoms with Crippen LogP contribution < -0.4 is 5.32 Å². The van der Waals surface area contributed by atoms with Gasteiger partial charge in [-0.2, -0.15) is 0 Å². The van der Waals surface area contributed by atoms with Crippen LogP contribution in [0.25, 0.3) is 0 Å². The van der Waals surface area contributed by atoms with E-state index in [0.29, 0.717) is 13.1 Å². The number of hydrogen-bond acceptors (Lipinski definition) is 3. The highest BCUT2D eigenvalue weighted by molar-refractivity contribution is 5.91. The summed E-state index contributed by atoms with van der Waals surface area (Å²) in [5.74, 6) is -1.91. The van der Waals surface area contributed by atoms with E-state index in [1.165, 1.54) is 0 Å². The second-order valence-electron chi connectivity index (χ2n) is 5.98. The van der Waals surface area contributed by atoms with Gasteiger partial charge in [0.1, 0.15) is 6.04 Å². The Kier molecular flexibility index (Phi) is 4.55. The largest absolute Gasteiger partial charge is 0.480 e. The molecule has 6 heteroatoms. The van der Waals surface area contributed by atoms with Crippen LogP contribution in [0.3, 0.4) is 0 Å². The van der Waals surface area contributed by atoms with Crippen molar-refractivity contribution in [2.24, 2.45) is 11.3 Å². The number of carbonyl (C=O) groups excluding carboxylic acids is 2. The predicted molar refractivity (Wildman–Crippen MR) is 69.4 cm³/mol. The molecule has 1 rings (SSSR count). The second-order valence-corrected chi connectivity index (χ2v) is 5.98. The number of carboxylic acid groups (broad SMARTS) is 1. The third kappa shape index (κ3) is 3.68. The maximum Gasteiger partial charge on any atom is 0.326 e. The Hall–Kier alpha value is -1.59. The molecular weight excluding hydrogens is 248 g/mol. The summed E-state index contributed by atoms with van der Waals surface area (Å²) in [6, 6.07) is -0.953. The molecule has 0 saturated carbocycles. The number of nitrogens with one attached hydrogen (secondary N) is 1. The van der Waals surface area contributed by atoms with Crippen LogP contribution in [0.5, 0.6) is 0 Å². The first-order valence-electron chi connectivity index (χ1n) is 6.47. The van der Waals surface area contributed by atoms with Crippen molar-refractivity contribution in [3.63, 3.8) is 0 Å². The molecule has 2 amide bonds. The Bertz CT molecular complexity index is 387. The van der Waals surface area contributed by atoms with Crippen molar-refractivity contribution < 1.29 is 19.5 Å². The van der Waals surface area contributed by atoms with E-state index in [1.807, 2.05) is 6.92 Å². The molecule has 1 heterocycles. The SMILES string of the molecule is CCN1CC(C(=O)N[C@@H](C(=O)O)C(C)(C)C)CC1=O. The van der Waals surface area contributed by atoms with Gasteiger partial charge in [-0.1, -0.05) is 20.8 Å². The third-order valence-corrected chi connectivity index (χ3v) is 3.37. The number of likely N-dealkylation sites (tertiary alicyclic amines) is 1. The zero-order valence-corrected chi connectivity index (χ0v) is 11.9. The molecular formula is C13H22N2O4. The summed E-state index contributed by atoms with van der Waals surface area (Å²) in [5.41, 5.74) is -0.575. The molecule has 1 fully saturated rings. The number of carbonyl (C=O) groups is 3. The van der Waals surface area contributed by atoms with Gasteiger partial charge in [0.15, 0.2) is 0 Å². The zero-order chi connectivity index (χ0) is 14.8. The van der Waals surface area contributed by atoms with Gasteiger partial charge in [0.05, 0.1) is 5.92 Å². The predicted octanol–water partition coefficient (Wildman–Crippen LogP) is 0.470. The molecule has 0 radical (unpaired) electrons. The highest BCUT2D eigenvalue weighted by atomic mass is 16.4. The third-order valence-electron chi connectivity index (χ3n) is 3.37. The molecule has 2 atom stereocenters. The molecule has 0 bridgehead atoms. The van der Waals surface area contributed by atoms with Crippen molar-refractivity contribution in [2.75, 3.05) is 13.1 Å². The monoisotopic (exact) mass is 270 g/mol. The van der Waals surface area contributed by atoms with Gasteiger partial charge < -0.3 is 15.3 Å². The van der Waals surface area contributed by atoms with E-state index in [-0.39, 0.29) is 18.2 Å². The average molecular weight is 270 g/mol. The Morgan fingerprint density at radius 1 is 1.47 bits per heavy atom. The van der Waals surface area contributed by atoms with Crippen molar-refractivity contribution >= 4 is 17.8 Å². The summed E-state index contributed by atoms with van der Waals surface area (Å²) >= 11 is 0. The summed E-state index contributed by atoms with van der Waals surface area (Å²) in [7, 11) is 0. The molecule has 0 spiro atoms. The maximum atomic E-state index is 12.1. The van der Waals surface area contributed by atoms with Crippen LogP contribution in [0.2, 0.25) is 0 Å². The Balaban J connectivity index is 2.69. The molecule has 1 unspecified atom stereocenters. The summed E-state index contributed by atoms with van der Waals surface area (Å²) in [6.45, 7) is 8.06. The average Bonchev–Trinajstić information content (AvgIpc) is 2.65. The summed E-state index contributed by atoms with van der Waals surface area (Å²) in [6.07, 6.45) is 0.163. The zero-order valence-electron chi connectivity index (χ0n) is 11.9. The Morgan fingerprint density at radius 2 is 2.05 bits per heavy atom. The summed E-state index contributed by atoms with van der Waals surface area (Å²) in [4.78, 5) is 36.4. The fraction of sp³-hybridized carbons (Fsp3) is 0.769. The number of aliphatic carboxylic acids is 1. The lowest BCUT2D eigenvalue weighted by Crippen LogP contribution is -2.51. The van der Waals surface area contributed by atoms with Crippen LogP contribution in [0, 0.1) is 11.3 Å². The van der Waals surface area contributed by atoms with E-state index in [9.17, 15) is 14.4 Å². The van der Waals surface area contributed by atoms with E-state index >= 15 is 0 Å². The van der Waals surface area contributed by atoms with Gasteiger partial charge in [-0.05, 0) is 12.3 Å². The minimum atomic E-state index is -1.06. The van der Waals surface area contributed by atoms with E-state index in [1.54, 1.807) is 25.7 Å². The molecule has 0 aromatic heterocycles. The number of rotatable bonds is 4. The fourth-order valence-corrected chi connectivity index (χ4v) is 2.16. The van der Waals surface area contributed by atoms with Crippen LogP contribution in [-0.2, 0) is 14.4 Å². The van der Waals surface area contributed by atoms with Crippen LogP contribution in [0.1, 0.15) is 34.1 Å². The van der Waals surface area contributed by atoms with Crippen molar-refractivity contribution in [3.05, 3.63) is 0 Å². The van der Waals surface area contributed by atoms with Gasteiger partial charge in [0.2, 0.25) is 11.8 Å². The maximum absolute atomic E-state index is 12.1. The lowest BCUT2D eigenvalue weighted by Gasteiger charge is -2.28. The van der Waals surface area contributed by atoms with E-state index in [2.05, 4.69) is 5.32 Å². The van der Waals surface area contributed by atoms with Gasteiger partial charge in [0.25, 0.3) is 0 Å². The van der Waals surface area contributed by atoms with Crippen molar-refractivity contribution in [1.82, 2.24) is 10.2 Å². The van der Waals surface area contributed by atoms with Crippen LogP contribution in [0.4, 0.5) is 0 Å². The quantitative estimate of drug-likeness (QED) is 0.777. The first-order valence-corrected chi connectivity index (χ1v) is 6.47. The topological polar surface area (TPSA) is 86.7 Å². The lowest BCUT2D eigenvalue weighted by molar-refractivity contribution is -0.145. The highest BCUT2D eigenvalue weighted by Gasteiger charge is 2.38. The standard InChI is InChI=1S/C13H22N2O4/c1-5-15-7-8(6-9(15)16)11(17)14-10(12(18)19)13(2,3)4/h8,10H,5-7H2,1-4H3,(H,14,17)(H,18,19)/t8?,10-/m0/s1. The van der Waals surface area contributed by atoms with Gasteiger partial charge in [-0.3, -0.25) is 9.59 Å². The van der Waals surface area contributed by atoms with Gasteiger partial charge >= 0.3 is 5.97 Å². The normalized spacial score (nSPS) is 21.4. The molecule has 0 aromatic rings. The fourth-order valence-electron chi connectivity index (χ4n) is 2.16. The molecule has 0 aromatic carbocycles. The first kappa shape index (κ1) is 15.5. The van der Waals surface area contributed by atoms with E-state index in [4.69, 9.17) is 5.11 Å². The van der Waals surface area contributed by atoms with Gasteiger partial charge in [-0.15, -0.1) is 0 Å². The molecule has 19 heavy (non-hydrogen) atoms. The molecule has 2 N–H and O–H groups in total. The molecule has 1 aliphatic heterocycles. The van der Waals surface area contributed by atoms with E-state index < -0.39 is 23.3 Å². The molecule has 1 aliphatic rings.